The number of hydrogen-bond donors (Lipinski definition) is 1. The highest BCUT2D eigenvalue weighted by Crippen LogP contribution is 2.38. The molecular weight excluding hydrogens is 282 g/mol. The molecule has 116 valence electrons. The molecule has 1 aliphatic rings. The molecule has 1 heterocycles. The average molecular weight is 302 g/mol. The lowest BCUT2D eigenvalue weighted by Crippen LogP contribution is -2.41. The topological polar surface area (TPSA) is 68.3 Å². The summed E-state index contributed by atoms with van der Waals surface area (Å²) in [5.74, 6) is -0.554. The Morgan fingerprint density at radius 2 is 1.91 bits per heavy atom. The fourth-order valence-corrected chi connectivity index (χ4v) is 2.14. The van der Waals surface area contributed by atoms with Gasteiger partial charge >= 0.3 is 7.12 Å². The predicted molar refractivity (Wildman–Crippen MR) is 84.2 cm³/mol. The lowest BCUT2D eigenvalue weighted by Gasteiger charge is -2.32. The van der Waals surface area contributed by atoms with Crippen molar-refractivity contribution in [2.45, 2.75) is 38.9 Å². The predicted octanol–water partition coefficient (Wildman–Crippen LogP) is 2.67. The second kappa shape index (κ2) is 5.84. The lowest BCUT2D eigenvalue weighted by atomic mass is 9.77. The third-order valence-electron chi connectivity index (χ3n) is 4.26. The van der Waals surface area contributed by atoms with E-state index in [4.69, 9.17) is 20.3 Å². The van der Waals surface area contributed by atoms with Gasteiger partial charge in [0.2, 0.25) is 0 Å². The molecule has 0 bridgehead atoms. The van der Waals surface area contributed by atoms with Crippen molar-refractivity contribution in [3.05, 3.63) is 40.6 Å². The Labute approximate surface area is 130 Å². The van der Waals surface area contributed by atoms with Gasteiger partial charge in [-0.3, -0.25) is 0 Å². The van der Waals surface area contributed by atoms with Gasteiger partial charge in [-0.15, -0.1) is 0 Å². The zero-order chi connectivity index (χ0) is 16.5. The molecule has 1 aromatic rings. The third-order valence-corrected chi connectivity index (χ3v) is 4.26. The summed E-state index contributed by atoms with van der Waals surface area (Å²) >= 11 is 0. The molecule has 22 heavy (non-hydrogen) atoms. The minimum atomic E-state index is -0.561. The molecule has 0 atom stereocenters. The van der Waals surface area contributed by atoms with E-state index in [1.54, 1.807) is 18.2 Å². The zero-order valence-electron chi connectivity index (χ0n) is 13.3. The van der Waals surface area contributed by atoms with Crippen molar-refractivity contribution in [3.63, 3.8) is 0 Å². The number of rotatable bonds is 3. The maximum atomic E-state index is 13.7. The van der Waals surface area contributed by atoms with Gasteiger partial charge < -0.3 is 15.0 Å². The van der Waals surface area contributed by atoms with E-state index in [0.29, 0.717) is 5.56 Å². The minimum Gasteiger partial charge on any atom is -0.400 e. The second-order valence-corrected chi connectivity index (χ2v) is 6.36. The van der Waals surface area contributed by atoms with E-state index in [9.17, 15) is 4.39 Å². The van der Waals surface area contributed by atoms with Gasteiger partial charge in [0.15, 0.2) is 0 Å². The van der Waals surface area contributed by atoms with Gasteiger partial charge in [0, 0.05) is 6.54 Å². The van der Waals surface area contributed by atoms with Crippen molar-refractivity contribution < 1.29 is 13.7 Å². The number of nitriles is 1. The molecule has 0 aromatic heterocycles. The SMILES string of the molecule is CC1(C)OB(C(=Cc2ccc(C#N)c(F)c2)CN)OC1(C)C. The zero-order valence-corrected chi connectivity index (χ0v) is 13.3. The maximum absolute atomic E-state index is 13.7. The molecule has 0 radical (unpaired) electrons. The van der Waals surface area contributed by atoms with Crippen LogP contribution in [0.15, 0.2) is 23.7 Å². The van der Waals surface area contributed by atoms with Crippen molar-refractivity contribution in [1.29, 1.82) is 5.26 Å². The van der Waals surface area contributed by atoms with E-state index in [1.165, 1.54) is 12.1 Å². The smallest absolute Gasteiger partial charge is 0.400 e. The van der Waals surface area contributed by atoms with E-state index in [0.717, 1.165) is 5.47 Å². The molecule has 0 amide bonds. The highest BCUT2D eigenvalue weighted by Gasteiger charge is 2.52. The van der Waals surface area contributed by atoms with Gasteiger partial charge in [0.05, 0.1) is 16.8 Å². The largest absolute Gasteiger partial charge is 0.491 e. The van der Waals surface area contributed by atoms with Gasteiger partial charge in [0.25, 0.3) is 0 Å². The van der Waals surface area contributed by atoms with E-state index in [2.05, 4.69) is 0 Å². The van der Waals surface area contributed by atoms with Gasteiger partial charge in [-0.25, -0.2) is 4.39 Å². The van der Waals surface area contributed by atoms with Crippen molar-refractivity contribution in [2.24, 2.45) is 5.73 Å². The maximum Gasteiger partial charge on any atom is 0.491 e. The Bertz CT molecular complexity index is 634. The molecule has 1 aromatic carbocycles. The first-order valence-corrected chi connectivity index (χ1v) is 7.16. The van der Waals surface area contributed by atoms with Crippen molar-refractivity contribution in [1.82, 2.24) is 0 Å². The molecule has 2 rings (SSSR count). The summed E-state index contributed by atoms with van der Waals surface area (Å²) in [5.41, 5.74) is 6.24. The second-order valence-electron chi connectivity index (χ2n) is 6.36. The highest BCUT2D eigenvalue weighted by molar-refractivity contribution is 6.55. The standard InChI is InChI=1S/C16H20BFN2O2/c1-15(2)16(3,4)22-17(21-15)13(10-20)7-11-5-6-12(9-19)14(18)8-11/h5-8H,10,20H2,1-4H3. The summed E-state index contributed by atoms with van der Waals surface area (Å²) in [6.07, 6.45) is 1.74. The minimum absolute atomic E-state index is 0.0158. The van der Waals surface area contributed by atoms with Crippen LogP contribution in [0.1, 0.15) is 38.8 Å². The van der Waals surface area contributed by atoms with Crippen LogP contribution in [0.25, 0.3) is 6.08 Å². The van der Waals surface area contributed by atoms with Crippen LogP contribution in [0.4, 0.5) is 4.39 Å². The van der Waals surface area contributed by atoms with Crippen LogP contribution >= 0.6 is 0 Å². The van der Waals surface area contributed by atoms with Gasteiger partial charge in [-0.2, -0.15) is 5.26 Å². The normalized spacial score (nSPS) is 20.0. The highest BCUT2D eigenvalue weighted by atomic mass is 19.1. The molecule has 1 saturated heterocycles. The summed E-state index contributed by atoms with van der Waals surface area (Å²) in [7, 11) is -0.561. The number of nitrogens with two attached hydrogens (primary N) is 1. The van der Waals surface area contributed by atoms with E-state index >= 15 is 0 Å². The van der Waals surface area contributed by atoms with Gasteiger partial charge in [-0.05, 0) is 50.9 Å². The Kier molecular flexibility index (Phi) is 4.43. The monoisotopic (exact) mass is 302 g/mol. The summed E-state index contributed by atoms with van der Waals surface area (Å²) in [6.45, 7) is 8.08. The average Bonchev–Trinajstić information content (AvgIpc) is 2.65. The summed E-state index contributed by atoms with van der Waals surface area (Å²) in [5, 5.41) is 8.76. The number of benzene rings is 1. The molecule has 4 nitrogen and oxygen atoms in total. The quantitative estimate of drug-likeness (QED) is 0.872. The molecule has 2 N–H and O–H groups in total. The molecule has 0 aliphatic carbocycles. The molecular formula is C16H20BFN2O2. The van der Waals surface area contributed by atoms with Crippen LogP contribution in [-0.4, -0.2) is 24.9 Å². The van der Waals surface area contributed by atoms with Crippen molar-refractivity contribution in [3.8, 4) is 6.07 Å². The molecule has 1 fully saturated rings. The Morgan fingerprint density at radius 3 is 2.36 bits per heavy atom. The van der Waals surface area contributed by atoms with Crippen LogP contribution in [0, 0.1) is 17.1 Å². The lowest BCUT2D eigenvalue weighted by molar-refractivity contribution is 0.00578. The molecule has 6 heteroatoms. The van der Waals surface area contributed by atoms with Crippen LogP contribution < -0.4 is 5.73 Å². The van der Waals surface area contributed by atoms with Gasteiger partial charge in [-0.1, -0.05) is 12.1 Å². The van der Waals surface area contributed by atoms with E-state index < -0.39 is 24.1 Å². The van der Waals surface area contributed by atoms with Crippen molar-refractivity contribution in [2.75, 3.05) is 6.54 Å². The molecule has 0 saturated carbocycles. The summed E-state index contributed by atoms with van der Waals surface area (Å²) in [4.78, 5) is 0. The third kappa shape index (κ3) is 3.07. The van der Waals surface area contributed by atoms with E-state index in [1.807, 2.05) is 27.7 Å². The fraction of sp³-hybridized carbons (Fsp3) is 0.438. The first kappa shape index (κ1) is 16.7. The van der Waals surface area contributed by atoms with Gasteiger partial charge in [0.1, 0.15) is 11.9 Å². The summed E-state index contributed by atoms with van der Waals surface area (Å²) in [6, 6.07) is 6.21. The number of nitrogens with zero attached hydrogens (tertiary/aromatic N) is 1. The molecule has 0 unspecified atom stereocenters. The Balaban J connectivity index is 2.30. The molecule has 1 aliphatic heterocycles. The van der Waals surface area contributed by atoms with Crippen LogP contribution in [-0.2, 0) is 9.31 Å². The van der Waals surface area contributed by atoms with Crippen LogP contribution in [0.3, 0.4) is 0 Å². The molecule has 0 spiro atoms. The first-order chi connectivity index (χ1) is 10.2. The number of halogens is 1. The number of hydrogen-bond acceptors (Lipinski definition) is 4. The van der Waals surface area contributed by atoms with E-state index in [-0.39, 0.29) is 12.1 Å². The first-order valence-electron chi connectivity index (χ1n) is 7.16. The van der Waals surface area contributed by atoms with Crippen LogP contribution in [0.2, 0.25) is 0 Å². The fourth-order valence-electron chi connectivity index (χ4n) is 2.14. The van der Waals surface area contributed by atoms with Crippen LogP contribution in [0.5, 0.6) is 0 Å². The Morgan fingerprint density at radius 1 is 1.32 bits per heavy atom. The summed E-state index contributed by atoms with van der Waals surface area (Å²) < 4.78 is 25.6. The Hall–Kier alpha value is -1.68. The van der Waals surface area contributed by atoms with Crippen molar-refractivity contribution >= 4 is 13.2 Å².